The molecule has 2 heterocycles. The molecule has 8 nitrogen and oxygen atoms in total. The van der Waals surface area contributed by atoms with Crippen molar-refractivity contribution in [1.29, 1.82) is 0 Å². The summed E-state index contributed by atoms with van der Waals surface area (Å²) in [6.45, 7) is -1.22. The van der Waals surface area contributed by atoms with Gasteiger partial charge in [0.2, 0.25) is 0 Å². The Balaban J connectivity index is 1.67. The quantitative estimate of drug-likeness (QED) is 0.782. The van der Waals surface area contributed by atoms with E-state index in [0.717, 1.165) is 12.4 Å². The van der Waals surface area contributed by atoms with Gasteiger partial charge in [-0.25, -0.2) is 4.68 Å². The monoisotopic (exact) mass is 337 g/mol. The maximum absolute atomic E-state index is 12.3. The Morgan fingerprint density at radius 2 is 1.96 bits per heavy atom. The zero-order chi connectivity index (χ0) is 17.2. The van der Waals surface area contributed by atoms with Crippen LogP contribution in [0.25, 0.3) is 5.69 Å². The highest BCUT2D eigenvalue weighted by molar-refractivity contribution is 6.04. The topological polar surface area (TPSA) is 90.5 Å². The molecule has 1 aromatic carbocycles. The van der Waals surface area contributed by atoms with Gasteiger partial charge in [-0.2, -0.15) is 18.3 Å². The summed E-state index contributed by atoms with van der Waals surface area (Å²) in [6, 6.07) is 6.37. The molecule has 0 fully saturated rings. The lowest BCUT2D eigenvalue weighted by atomic mass is 10.2. The fraction of sp³-hybridized carbons (Fsp3) is 0.154. The first kappa shape index (κ1) is 15.6. The van der Waals surface area contributed by atoms with Gasteiger partial charge in [-0.15, -0.1) is 5.10 Å². The standard InChI is InChI=1S/C13H10F3N7O/c14-13(15,16)7-22-6-10(5-18-22)19-12(24)9-1-3-11(4-2-9)23-8-17-20-21-23/h1-6,8H,7H2,(H,19,24). The van der Waals surface area contributed by atoms with Crippen LogP contribution in [0.15, 0.2) is 43.0 Å². The summed E-state index contributed by atoms with van der Waals surface area (Å²) in [6.07, 6.45) is -0.705. The molecular formula is C13H10F3N7O. The van der Waals surface area contributed by atoms with Crippen molar-refractivity contribution in [3.05, 3.63) is 48.5 Å². The van der Waals surface area contributed by atoms with Crippen molar-refractivity contribution in [2.24, 2.45) is 0 Å². The minimum Gasteiger partial charge on any atom is -0.319 e. The summed E-state index contributed by atoms with van der Waals surface area (Å²) >= 11 is 0. The number of alkyl halides is 3. The molecule has 0 bridgehead atoms. The molecule has 1 N–H and O–H groups in total. The predicted octanol–water partition coefficient (Wildman–Crippen LogP) is 1.67. The zero-order valence-corrected chi connectivity index (χ0v) is 12.0. The van der Waals surface area contributed by atoms with Gasteiger partial charge < -0.3 is 5.32 Å². The van der Waals surface area contributed by atoms with Crippen LogP contribution >= 0.6 is 0 Å². The predicted molar refractivity (Wildman–Crippen MR) is 75.4 cm³/mol. The van der Waals surface area contributed by atoms with E-state index in [1.54, 1.807) is 24.3 Å². The first-order valence-electron chi connectivity index (χ1n) is 6.65. The van der Waals surface area contributed by atoms with E-state index in [0.29, 0.717) is 15.9 Å². The van der Waals surface area contributed by atoms with Crippen LogP contribution in [0.1, 0.15) is 10.4 Å². The summed E-state index contributed by atoms with van der Waals surface area (Å²) < 4.78 is 38.9. The van der Waals surface area contributed by atoms with E-state index in [4.69, 9.17) is 0 Å². The molecule has 0 radical (unpaired) electrons. The number of amides is 1. The number of anilines is 1. The lowest BCUT2D eigenvalue weighted by Crippen LogP contribution is -2.18. The van der Waals surface area contributed by atoms with Gasteiger partial charge in [0.15, 0.2) is 0 Å². The molecular weight excluding hydrogens is 327 g/mol. The number of hydrogen-bond acceptors (Lipinski definition) is 5. The third-order valence-electron chi connectivity index (χ3n) is 2.98. The second-order valence-corrected chi connectivity index (χ2v) is 4.80. The molecule has 3 rings (SSSR count). The number of nitrogens with zero attached hydrogens (tertiary/aromatic N) is 6. The first-order valence-corrected chi connectivity index (χ1v) is 6.65. The number of hydrogen-bond donors (Lipinski definition) is 1. The molecule has 3 aromatic rings. The highest BCUT2D eigenvalue weighted by Crippen LogP contribution is 2.18. The van der Waals surface area contributed by atoms with Crippen LogP contribution in [0.3, 0.4) is 0 Å². The molecule has 0 aliphatic heterocycles. The minimum atomic E-state index is -4.38. The SMILES string of the molecule is O=C(Nc1cnn(CC(F)(F)F)c1)c1ccc(-n2cnnn2)cc1. The van der Waals surface area contributed by atoms with Crippen LogP contribution in [0.5, 0.6) is 0 Å². The molecule has 0 saturated heterocycles. The second kappa shape index (κ2) is 6.10. The number of halogens is 3. The summed E-state index contributed by atoms with van der Waals surface area (Å²) in [5.74, 6) is -0.468. The van der Waals surface area contributed by atoms with Gasteiger partial charge in [0, 0.05) is 11.8 Å². The summed E-state index contributed by atoms with van der Waals surface area (Å²) in [4.78, 5) is 12.1. The number of carbonyl (C=O) groups excluding carboxylic acids is 1. The van der Waals surface area contributed by atoms with E-state index < -0.39 is 18.6 Å². The van der Waals surface area contributed by atoms with Crippen LogP contribution in [0, 0.1) is 0 Å². The van der Waals surface area contributed by atoms with Crippen molar-refractivity contribution >= 4 is 11.6 Å². The molecule has 0 aliphatic carbocycles. The Bertz CT molecular complexity index is 824. The van der Waals surface area contributed by atoms with E-state index in [-0.39, 0.29) is 5.69 Å². The minimum absolute atomic E-state index is 0.175. The van der Waals surface area contributed by atoms with Crippen molar-refractivity contribution < 1.29 is 18.0 Å². The molecule has 0 saturated carbocycles. The van der Waals surface area contributed by atoms with Crippen molar-refractivity contribution in [2.45, 2.75) is 12.7 Å². The summed E-state index contributed by atoms with van der Waals surface area (Å²) in [5, 5.41) is 16.8. The van der Waals surface area contributed by atoms with Gasteiger partial charge in [-0.3, -0.25) is 9.48 Å². The van der Waals surface area contributed by atoms with Crippen molar-refractivity contribution in [1.82, 2.24) is 30.0 Å². The Kier molecular flexibility index (Phi) is 3.98. The van der Waals surface area contributed by atoms with Gasteiger partial charge in [0.1, 0.15) is 12.9 Å². The molecule has 0 spiro atoms. The van der Waals surface area contributed by atoms with E-state index in [9.17, 15) is 18.0 Å². The largest absolute Gasteiger partial charge is 0.408 e. The van der Waals surface area contributed by atoms with Crippen LogP contribution in [0.4, 0.5) is 18.9 Å². The zero-order valence-electron chi connectivity index (χ0n) is 12.0. The number of rotatable bonds is 4. The molecule has 11 heteroatoms. The lowest BCUT2D eigenvalue weighted by molar-refractivity contribution is -0.142. The Labute approximate surface area is 132 Å². The highest BCUT2D eigenvalue weighted by atomic mass is 19.4. The van der Waals surface area contributed by atoms with E-state index in [1.165, 1.54) is 11.0 Å². The maximum Gasteiger partial charge on any atom is 0.408 e. The van der Waals surface area contributed by atoms with Crippen LogP contribution < -0.4 is 5.32 Å². The molecule has 0 unspecified atom stereocenters. The van der Waals surface area contributed by atoms with Gasteiger partial charge >= 0.3 is 6.18 Å². The first-order chi connectivity index (χ1) is 11.4. The van der Waals surface area contributed by atoms with Crippen LogP contribution in [-0.2, 0) is 6.54 Å². The molecule has 0 aliphatic rings. The highest BCUT2D eigenvalue weighted by Gasteiger charge is 2.28. The van der Waals surface area contributed by atoms with Gasteiger partial charge in [0.05, 0.1) is 17.6 Å². The molecule has 2 aromatic heterocycles. The second-order valence-electron chi connectivity index (χ2n) is 4.80. The van der Waals surface area contributed by atoms with Crippen molar-refractivity contribution in [3.8, 4) is 5.69 Å². The van der Waals surface area contributed by atoms with E-state index in [2.05, 4.69) is 25.9 Å². The number of aromatic nitrogens is 6. The third-order valence-corrected chi connectivity index (χ3v) is 2.98. The fourth-order valence-electron chi connectivity index (χ4n) is 1.95. The number of benzene rings is 1. The molecule has 24 heavy (non-hydrogen) atoms. The van der Waals surface area contributed by atoms with Crippen LogP contribution in [-0.4, -0.2) is 42.1 Å². The number of tetrazole rings is 1. The Morgan fingerprint density at radius 1 is 1.21 bits per heavy atom. The average molecular weight is 337 g/mol. The molecule has 1 amide bonds. The number of carbonyl (C=O) groups is 1. The third kappa shape index (κ3) is 3.74. The Morgan fingerprint density at radius 3 is 2.58 bits per heavy atom. The normalized spacial score (nSPS) is 11.5. The van der Waals surface area contributed by atoms with Crippen molar-refractivity contribution in [2.75, 3.05) is 5.32 Å². The van der Waals surface area contributed by atoms with Crippen LogP contribution in [0.2, 0.25) is 0 Å². The molecule has 124 valence electrons. The summed E-state index contributed by atoms with van der Waals surface area (Å²) in [5.41, 5.74) is 1.17. The van der Waals surface area contributed by atoms with E-state index in [1.807, 2.05) is 0 Å². The molecule has 0 atom stereocenters. The van der Waals surface area contributed by atoms with Gasteiger partial charge in [0.25, 0.3) is 5.91 Å². The lowest BCUT2D eigenvalue weighted by Gasteiger charge is -2.05. The van der Waals surface area contributed by atoms with Crippen molar-refractivity contribution in [3.63, 3.8) is 0 Å². The van der Waals surface area contributed by atoms with E-state index >= 15 is 0 Å². The van der Waals surface area contributed by atoms with Gasteiger partial charge in [-0.05, 0) is 34.7 Å². The average Bonchev–Trinajstić information content (AvgIpc) is 3.18. The number of nitrogens with one attached hydrogen (secondary N) is 1. The summed E-state index contributed by atoms with van der Waals surface area (Å²) in [7, 11) is 0. The van der Waals surface area contributed by atoms with Gasteiger partial charge in [-0.1, -0.05) is 0 Å². The maximum atomic E-state index is 12.3. The Hall–Kier alpha value is -3.24. The smallest absolute Gasteiger partial charge is 0.319 e. The fourth-order valence-corrected chi connectivity index (χ4v) is 1.95.